The predicted octanol–water partition coefficient (Wildman–Crippen LogP) is 1.73. The van der Waals surface area contributed by atoms with Crippen molar-refractivity contribution in [3.05, 3.63) is 105 Å². The first-order valence-electron chi connectivity index (χ1n) is 8.12. The third-order valence-electron chi connectivity index (χ3n) is 4.43. The topological polar surface area (TPSA) is 0 Å². The molecule has 0 spiro atoms. The summed E-state index contributed by atoms with van der Waals surface area (Å²) < 4.78 is 16.7. The van der Waals surface area contributed by atoms with Crippen LogP contribution in [0.4, 0.5) is 4.39 Å². The van der Waals surface area contributed by atoms with Crippen molar-refractivity contribution >= 4 is 0 Å². The van der Waals surface area contributed by atoms with Gasteiger partial charge in [0.15, 0.2) is 0 Å². The SMILES string of the molecule is Fc1cccc2c1C[N+](Cc1ccccc1)([I-]c1ccccc1)C2. The van der Waals surface area contributed by atoms with Gasteiger partial charge in [-0.3, -0.25) is 0 Å². The minimum absolute atomic E-state index is 0.0439. The number of quaternary nitrogens is 1. The molecule has 0 amide bonds. The fourth-order valence-corrected chi connectivity index (χ4v) is 6.90. The molecule has 0 radical (unpaired) electrons. The van der Waals surface area contributed by atoms with Gasteiger partial charge in [0, 0.05) is 0 Å². The van der Waals surface area contributed by atoms with Crippen LogP contribution in [0, 0.1) is 9.39 Å². The summed E-state index contributed by atoms with van der Waals surface area (Å²) in [5, 5.41) is 0. The van der Waals surface area contributed by atoms with Crippen LogP contribution >= 0.6 is 0 Å². The normalized spacial score (nSPS) is 19.4. The molecule has 1 nitrogen and oxygen atoms in total. The number of benzene rings is 3. The first kappa shape index (κ1) is 15.8. The van der Waals surface area contributed by atoms with Crippen LogP contribution in [0.3, 0.4) is 0 Å². The van der Waals surface area contributed by atoms with Crippen LogP contribution in [0.5, 0.6) is 0 Å². The Morgan fingerprint density at radius 1 is 0.792 bits per heavy atom. The standard InChI is InChI=1S/C21H19FIN/c22-21-13-7-10-18-15-24(16-20(18)21,14-17-8-3-1-4-9-17)23-19-11-5-2-6-12-19/h1-13H,14-16H2. The molecule has 1 aliphatic rings. The summed E-state index contributed by atoms with van der Waals surface area (Å²) >= 11 is -0.280. The summed E-state index contributed by atoms with van der Waals surface area (Å²) in [6, 6.07) is 26.9. The summed E-state index contributed by atoms with van der Waals surface area (Å²) in [7, 11) is 0. The van der Waals surface area contributed by atoms with Crippen LogP contribution in [-0.2, 0) is 19.6 Å². The minimum atomic E-state index is -0.280. The monoisotopic (exact) mass is 431 g/mol. The Bertz CT molecular complexity index is 791. The van der Waals surface area contributed by atoms with Crippen molar-refractivity contribution in [1.29, 1.82) is 0 Å². The van der Waals surface area contributed by atoms with E-state index in [1.165, 1.54) is 14.7 Å². The fourth-order valence-electron chi connectivity index (χ4n) is 3.36. The molecule has 0 aliphatic carbocycles. The van der Waals surface area contributed by atoms with E-state index < -0.39 is 0 Å². The van der Waals surface area contributed by atoms with Crippen molar-refractivity contribution in [1.82, 2.24) is 0 Å². The van der Waals surface area contributed by atoms with Gasteiger partial charge in [0.25, 0.3) is 0 Å². The van der Waals surface area contributed by atoms with Gasteiger partial charge in [-0.2, -0.15) is 0 Å². The van der Waals surface area contributed by atoms with Crippen LogP contribution in [0.25, 0.3) is 0 Å². The zero-order valence-corrected chi connectivity index (χ0v) is 15.5. The summed E-state index contributed by atoms with van der Waals surface area (Å²) in [5.74, 6) is -0.0439. The second-order valence-electron chi connectivity index (χ2n) is 6.25. The van der Waals surface area contributed by atoms with E-state index in [0.717, 1.165) is 27.9 Å². The molecule has 0 N–H and O–H groups in total. The number of fused-ring (bicyclic) bond motifs is 1. The van der Waals surface area contributed by atoms with E-state index >= 15 is 0 Å². The Morgan fingerprint density at radius 3 is 2.21 bits per heavy atom. The van der Waals surface area contributed by atoms with Gasteiger partial charge < -0.3 is 0 Å². The van der Waals surface area contributed by atoms with Gasteiger partial charge in [0.1, 0.15) is 0 Å². The third-order valence-corrected chi connectivity index (χ3v) is 7.75. The molecule has 122 valence electrons. The average molecular weight is 431 g/mol. The van der Waals surface area contributed by atoms with E-state index in [2.05, 4.69) is 66.7 Å². The van der Waals surface area contributed by atoms with Crippen molar-refractivity contribution in [2.45, 2.75) is 19.6 Å². The summed E-state index contributed by atoms with van der Waals surface area (Å²) in [6.07, 6.45) is 0. The van der Waals surface area contributed by atoms with Gasteiger partial charge in [-0.1, -0.05) is 0 Å². The molecular formula is C21H19FIN. The molecular weight excluding hydrogens is 412 g/mol. The number of rotatable bonds is 4. The number of hydrogen-bond donors (Lipinski definition) is 0. The molecule has 3 heteroatoms. The summed E-state index contributed by atoms with van der Waals surface area (Å²) in [6.45, 7) is 2.71. The van der Waals surface area contributed by atoms with Crippen LogP contribution in [0.15, 0.2) is 78.9 Å². The van der Waals surface area contributed by atoms with Crippen LogP contribution in [0.1, 0.15) is 16.7 Å². The molecule has 3 aromatic rings. The van der Waals surface area contributed by atoms with Gasteiger partial charge in [-0.05, 0) is 0 Å². The van der Waals surface area contributed by atoms with Crippen LogP contribution in [0.2, 0.25) is 0 Å². The Morgan fingerprint density at radius 2 is 1.50 bits per heavy atom. The van der Waals surface area contributed by atoms with E-state index in [-0.39, 0.29) is 27.3 Å². The van der Waals surface area contributed by atoms with Crippen LogP contribution in [-0.4, -0.2) is 2.70 Å². The van der Waals surface area contributed by atoms with E-state index in [1.54, 1.807) is 6.07 Å². The second kappa shape index (κ2) is 6.65. The molecule has 1 heterocycles. The fraction of sp³-hybridized carbons (Fsp3) is 0.143. The number of hydrogen-bond acceptors (Lipinski definition) is 0. The van der Waals surface area contributed by atoms with Crippen molar-refractivity contribution in [3.8, 4) is 0 Å². The summed E-state index contributed by atoms with van der Waals surface area (Å²) in [5.41, 5.74) is 3.44. The maximum absolute atomic E-state index is 14.3. The summed E-state index contributed by atoms with van der Waals surface area (Å²) in [4.78, 5) is 0. The van der Waals surface area contributed by atoms with Gasteiger partial charge in [0.05, 0.1) is 0 Å². The Balaban J connectivity index is 1.70. The van der Waals surface area contributed by atoms with E-state index in [1.807, 2.05) is 6.07 Å². The van der Waals surface area contributed by atoms with Gasteiger partial charge >= 0.3 is 153 Å². The van der Waals surface area contributed by atoms with Crippen LogP contribution < -0.4 is 21.5 Å². The molecule has 0 fully saturated rings. The van der Waals surface area contributed by atoms with Gasteiger partial charge in [-0.15, -0.1) is 0 Å². The molecule has 0 saturated carbocycles. The van der Waals surface area contributed by atoms with E-state index in [4.69, 9.17) is 0 Å². The Kier molecular flexibility index (Phi) is 4.37. The van der Waals surface area contributed by atoms with E-state index in [9.17, 15) is 4.39 Å². The maximum atomic E-state index is 14.3. The molecule has 24 heavy (non-hydrogen) atoms. The van der Waals surface area contributed by atoms with Gasteiger partial charge in [0.2, 0.25) is 0 Å². The number of halogens is 2. The van der Waals surface area contributed by atoms with Crippen molar-refractivity contribution in [2.24, 2.45) is 0 Å². The predicted molar refractivity (Wildman–Crippen MR) is 89.4 cm³/mol. The average Bonchev–Trinajstić information content (AvgIpc) is 2.96. The van der Waals surface area contributed by atoms with Crippen molar-refractivity contribution < 1.29 is 28.6 Å². The molecule has 0 bridgehead atoms. The molecule has 3 aromatic carbocycles. The quantitative estimate of drug-likeness (QED) is 0.436. The second-order valence-corrected chi connectivity index (χ2v) is 10.0. The molecule has 0 saturated heterocycles. The van der Waals surface area contributed by atoms with Crippen molar-refractivity contribution in [2.75, 3.05) is 0 Å². The molecule has 4 rings (SSSR count). The molecule has 1 atom stereocenters. The Labute approximate surface area is 153 Å². The van der Waals surface area contributed by atoms with E-state index in [0.29, 0.717) is 0 Å². The zero-order chi connectivity index (χ0) is 16.4. The molecule has 1 aliphatic heterocycles. The number of nitrogens with zero attached hydrogens (tertiary/aromatic N) is 1. The Hall–Kier alpha value is -1.72. The molecule has 1 unspecified atom stereocenters. The molecule has 0 aromatic heterocycles. The third kappa shape index (κ3) is 3.23. The van der Waals surface area contributed by atoms with Gasteiger partial charge in [-0.25, -0.2) is 0 Å². The first-order valence-corrected chi connectivity index (χ1v) is 10.2. The van der Waals surface area contributed by atoms with Crippen molar-refractivity contribution in [3.63, 3.8) is 0 Å². The first-order chi connectivity index (χ1) is 11.7. The zero-order valence-electron chi connectivity index (χ0n) is 13.3.